The molecule has 0 saturated heterocycles. The van der Waals surface area contributed by atoms with Gasteiger partial charge in [-0.3, -0.25) is 18.3 Å². The van der Waals surface area contributed by atoms with Gasteiger partial charge in [-0.05, 0) is 43.4 Å². The molecule has 1 rings (SSSR count). The number of rotatable bonds is 16. The molecule has 0 radical (unpaired) electrons. The van der Waals surface area contributed by atoms with Gasteiger partial charge in [0, 0.05) is 0 Å². The first-order valence-electron chi connectivity index (χ1n) is 9.71. The minimum Gasteiger partial charge on any atom is -0.750 e. The van der Waals surface area contributed by atoms with E-state index < -0.39 is 97.3 Å². The molecule has 0 fully saturated rings. The minimum absolute atomic E-state index is 0. The molecule has 54 heavy (non-hydrogen) atoms. The Morgan fingerprint density at radius 2 is 0.500 bits per heavy atom. The SMILES string of the molecule is Cc1ccccc1.O=[P+]([O-])OP(=O)([O-])O[P+](=O)[O-].O=[P+]([O-])OP(=O)([O-])O[P+](=O)[O-].O=[P+]([O-])OP(=O)([O-])O[P+](=O)[O-].O=[P+]([O-])OP(=O)([O-])O[P+](=O)[O-].[Mo+4].[Mo+4].[Mo+4]. The molecule has 298 valence electrons. The molecule has 0 N–H and O–H groups in total. The normalized spacial score (nSPS) is 16.5. The molecule has 0 amide bonds. The van der Waals surface area contributed by atoms with E-state index in [0.29, 0.717) is 0 Å². The Bertz CT molecular complexity index is 1300. The third-order valence-electron chi connectivity index (χ3n) is 2.27. The minimum atomic E-state index is -5.25. The molecule has 47 heteroatoms. The van der Waals surface area contributed by atoms with E-state index in [4.69, 9.17) is 0 Å². The summed E-state index contributed by atoms with van der Waals surface area (Å²) in [6, 6.07) is 10.3. The molecule has 1 aromatic rings. The van der Waals surface area contributed by atoms with E-state index in [0.717, 1.165) is 0 Å². The third kappa shape index (κ3) is 60.9. The van der Waals surface area contributed by atoms with E-state index >= 15 is 0 Å². The zero-order valence-electron chi connectivity index (χ0n) is 24.0. The van der Waals surface area contributed by atoms with Gasteiger partial charge in [0.2, 0.25) is 0 Å². The Balaban J connectivity index is -0.000000101. The van der Waals surface area contributed by atoms with Crippen LogP contribution in [0.15, 0.2) is 30.3 Å². The van der Waals surface area contributed by atoms with Gasteiger partial charge < -0.3 is 58.7 Å². The molecule has 0 aliphatic rings. The zero-order chi connectivity index (χ0) is 41.4. The summed E-state index contributed by atoms with van der Waals surface area (Å²) in [5, 5.41) is 0. The zero-order valence-corrected chi connectivity index (χ0v) is 40.8. The number of hydrogen-bond acceptors (Lipinski definition) is 32. The van der Waals surface area contributed by atoms with Gasteiger partial charge in [0.1, 0.15) is 0 Å². The summed E-state index contributed by atoms with van der Waals surface area (Å²) in [6.07, 6.45) is 0. The molecular weight excluding hydrogens is 1260 g/mol. The van der Waals surface area contributed by atoms with Crippen molar-refractivity contribution >= 4 is 97.3 Å². The monoisotopic (exact) mass is 1270 g/mol. The van der Waals surface area contributed by atoms with Crippen molar-refractivity contribution in [3.05, 3.63) is 35.9 Å². The van der Waals surface area contributed by atoms with E-state index in [9.17, 15) is 114 Å². The van der Waals surface area contributed by atoms with Crippen molar-refractivity contribution < 1.29 is 211 Å². The van der Waals surface area contributed by atoms with Crippen molar-refractivity contribution in [2.45, 2.75) is 6.92 Å². The molecule has 0 saturated carbocycles. The van der Waals surface area contributed by atoms with Gasteiger partial charge in [0.15, 0.2) is 0 Å². The molecule has 0 aliphatic carbocycles. The van der Waals surface area contributed by atoms with Crippen LogP contribution in [0.3, 0.4) is 0 Å². The van der Waals surface area contributed by atoms with Crippen LogP contribution in [0.25, 0.3) is 0 Å². The summed E-state index contributed by atoms with van der Waals surface area (Å²) < 4.78 is 142. The Labute approximate surface area is 349 Å². The summed E-state index contributed by atoms with van der Waals surface area (Å²) in [5.41, 5.74) is 1.32. The Hall–Kier alpha value is 2.20. The van der Waals surface area contributed by atoms with E-state index in [2.05, 4.69) is 53.5 Å². The molecule has 1 aromatic carbocycles. The van der Waals surface area contributed by atoms with Gasteiger partial charge in [-0.25, -0.2) is 0 Å². The number of aryl methyl sites for hydroxylation is 1. The molecule has 8 atom stereocenters. The average Bonchev–Trinajstić information content (AvgIpc) is 2.79. The van der Waals surface area contributed by atoms with Gasteiger partial charge in [-0.15, -0.1) is 0 Å². The largest absolute Gasteiger partial charge is 4.00 e. The maximum atomic E-state index is 10.1. The van der Waals surface area contributed by atoms with E-state index in [1.54, 1.807) is 0 Å². The van der Waals surface area contributed by atoms with Crippen molar-refractivity contribution in [3.63, 3.8) is 0 Å². The van der Waals surface area contributed by atoms with E-state index in [-0.39, 0.29) is 63.2 Å². The predicted octanol–water partition coefficient (Wildman–Crippen LogP) is -3.92. The maximum Gasteiger partial charge on any atom is 4.00 e. The van der Waals surface area contributed by atoms with Gasteiger partial charge in [0.25, 0.3) is 0 Å². The molecule has 0 spiro atoms. The second-order valence-corrected chi connectivity index (χ2v) is 18.3. The molecular formula is C7H8Mo3O32P12+8. The smallest absolute Gasteiger partial charge is 0.750 e. The van der Waals surface area contributed by atoms with Crippen LogP contribution in [-0.2, 0) is 152 Å². The maximum absolute atomic E-state index is 10.1. The van der Waals surface area contributed by atoms with Crippen molar-refractivity contribution in [2.75, 3.05) is 0 Å². The second-order valence-electron chi connectivity index (χ2n) is 5.89. The van der Waals surface area contributed by atoms with Gasteiger partial charge in [-0.1, -0.05) is 70.4 Å². The number of benzene rings is 1. The van der Waals surface area contributed by atoms with Gasteiger partial charge >= 0.3 is 161 Å². The standard InChI is InChI=1S/C7H8.3Mo.4HO8P3/c1-7-5-3-2-4-6-7;;;;4*1-9(2)7-11(5,6)8-10(3)4/h2-6H,1H3;;;;4*(H,5,6)/q;3*+4;;;;/p-4. The summed E-state index contributed by atoms with van der Waals surface area (Å²) in [7, 11) is -50.5. The second kappa shape index (κ2) is 37.0. The van der Waals surface area contributed by atoms with Crippen LogP contribution >= 0.6 is 97.3 Å². The number of phosphoric acid groups is 4. The third-order valence-corrected chi connectivity index (χ3v) is 12.9. The van der Waals surface area contributed by atoms with Crippen LogP contribution in [0.1, 0.15) is 5.56 Å². The van der Waals surface area contributed by atoms with Crippen LogP contribution in [0.4, 0.5) is 0 Å². The topological polar surface area (TPSA) is 555 Å². The molecule has 32 nitrogen and oxygen atoms in total. The fraction of sp³-hybridized carbons (Fsp3) is 0.143. The Morgan fingerprint density at radius 3 is 0.574 bits per heavy atom. The van der Waals surface area contributed by atoms with Crippen LogP contribution in [0, 0.1) is 6.92 Å². The summed E-state index contributed by atoms with van der Waals surface area (Å²) in [4.78, 5) is 117. The van der Waals surface area contributed by atoms with Crippen LogP contribution in [0.2, 0.25) is 0 Å². The fourth-order valence-electron chi connectivity index (χ4n) is 1.25. The predicted molar refractivity (Wildman–Crippen MR) is 131 cm³/mol. The van der Waals surface area contributed by atoms with Crippen molar-refractivity contribution in [2.24, 2.45) is 0 Å². The molecule has 0 heterocycles. The fourth-order valence-corrected chi connectivity index (χ4v) is 8.02. The summed E-state index contributed by atoms with van der Waals surface area (Å²) >= 11 is 0. The van der Waals surface area contributed by atoms with Crippen molar-refractivity contribution in [1.82, 2.24) is 0 Å². The molecule has 0 aliphatic heterocycles. The Kier molecular flexibility index (Phi) is 48.5. The van der Waals surface area contributed by atoms with E-state index in [1.165, 1.54) is 5.56 Å². The van der Waals surface area contributed by atoms with Gasteiger partial charge in [-0.2, -0.15) is 0 Å². The average molecular weight is 1260 g/mol. The number of hydrogen-bond donors (Lipinski definition) is 0. The van der Waals surface area contributed by atoms with Crippen LogP contribution < -0.4 is 58.7 Å². The van der Waals surface area contributed by atoms with Crippen molar-refractivity contribution in [1.29, 1.82) is 0 Å². The van der Waals surface area contributed by atoms with Crippen LogP contribution in [-0.4, -0.2) is 0 Å². The first-order valence-corrected chi connectivity index (χ1v) is 24.3. The van der Waals surface area contributed by atoms with Gasteiger partial charge in [0.05, 0.1) is 0 Å². The molecule has 8 unspecified atom stereocenters. The quantitative estimate of drug-likeness (QED) is 0.113. The van der Waals surface area contributed by atoms with E-state index in [1.807, 2.05) is 18.2 Å². The van der Waals surface area contributed by atoms with Crippen LogP contribution in [0.5, 0.6) is 0 Å². The van der Waals surface area contributed by atoms with Crippen molar-refractivity contribution in [3.8, 4) is 0 Å². The first-order chi connectivity index (χ1) is 22.7. The first kappa shape index (κ1) is 70.7. The Morgan fingerprint density at radius 1 is 0.370 bits per heavy atom. The summed E-state index contributed by atoms with van der Waals surface area (Å²) in [6.45, 7) is 2.08. The molecule has 0 bridgehead atoms. The summed E-state index contributed by atoms with van der Waals surface area (Å²) in [5.74, 6) is 0. The molecule has 0 aromatic heterocycles.